The fourth-order valence-electron chi connectivity index (χ4n) is 1.61. The Hall–Kier alpha value is -0.0400. The minimum Gasteiger partial charge on any atom is -0.378 e. The Morgan fingerprint density at radius 1 is 1.00 bits per heavy atom. The molecular weight excluding hydrogens is 112 g/mol. The Morgan fingerprint density at radius 2 is 1.89 bits per heavy atom. The zero-order valence-electron chi connectivity index (χ0n) is 5.81. The van der Waals surface area contributed by atoms with Crippen LogP contribution in [0.15, 0.2) is 0 Å². The average molecular weight is 126 g/mol. The highest BCUT2D eigenvalue weighted by molar-refractivity contribution is 4.83. The highest BCUT2D eigenvalue weighted by atomic mass is 16.5. The molecule has 0 aromatic rings. The van der Waals surface area contributed by atoms with Gasteiger partial charge in [-0.25, -0.2) is 0 Å². The van der Waals surface area contributed by atoms with E-state index in [4.69, 9.17) is 4.74 Å². The molecule has 0 amide bonds. The standard InChI is InChI=1S/C8H14O/c1-2-6-9-8(3-1)7-4-5-7/h7-8H,1-6H2. The first-order chi connectivity index (χ1) is 4.47. The lowest BCUT2D eigenvalue weighted by molar-refractivity contribution is 0.00261. The SMILES string of the molecule is C1CCC(C2CC2)OC1. The molecule has 0 aromatic heterocycles. The molecule has 2 rings (SSSR count). The lowest BCUT2D eigenvalue weighted by atomic mass is 10.1. The topological polar surface area (TPSA) is 9.23 Å². The van der Waals surface area contributed by atoms with Crippen LogP contribution in [-0.4, -0.2) is 12.7 Å². The van der Waals surface area contributed by atoms with E-state index in [1.807, 2.05) is 0 Å². The van der Waals surface area contributed by atoms with E-state index in [1.165, 1.54) is 32.1 Å². The van der Waals surface area contributed by atoms with Crippen molar-refractivity contribution in [2.45, 2.75) is 38.2 Å². The van der Waals surface area contributed by atoms with Crippen LogP contribution in [0.4, 0.5) is 0 Å². The van der Waals surface area contributed by atoms with Gasteiger partial charge in [-0.05, 0) is 38.0 Å². The Balaban J connectivity index is 1.80. The second-order valence-corrected chi connectivity index (χ2v) is 3.24. The van der Waals surface area contributed by atoms with E-state index in [2.05, 4.69) is 0 Å². The van der Waals surface area contributed by atoms with Gasteiger partial charge in [0.2, 0.25) is 0 Å². The van der Waals surface area contributed by atoms with Crippen molar-refractivity contribution in [3.63, 3.8) is 0 Å². The zero-order chi connectivity index (χ0) is 6.10. The van der Waals surface area contributed by atoms with Gasteiger partial charge in [0.1, 0.15) is 0 Å². The monoisotopic (exact) mass is 126 g/mol. The molecule has 1 saturated heterocycles. The molecule has 1 nitrogen and oxygen atoms in total. The fraction of sp³-hybridized carbons (Fsp3) is 1.00. The summed E-state index contributed by atoms with van der Waals surface area (Å²) in [7, 11) is 0. The second kappa shape index (κ2) is 2.30. The summed E-state index contributed by atoms with van der Waals surface area (Å²) in [4.78, 5) is 0. The van der Waals surface area contributed by atoms with E-state index >= 15 is 0 Å². The molecule has 2 fully saturated rings. The van der Waals surface area contributed by atoms with Crippen LogP contribution in [0.5, 0.6) is 0 Å². The van der Waals surface area contributed by atoms with Crippen LogP contribution in [0.25, 0.3) is 0 Å². The van der Waals surface area contributed by atoms with Crippen molar-refractivity contribution in [3.8, 4) is 0 Å². The molecular formula is C8H14O. The first kappa shape index (κ1) is 5.72. The van der Waals surface area contributed by atoms with Gasteiger partial charge in [-0.3, -0.25) is 0 Å². The molecule has 1 atom stereocenters. The lowest BCUT2D eigenvalue weighted by Crippen LogP contribution is -2.20. The number of rotatable bonds is 1. The van der Waals surface area contributed by atoms with Gasteiger partial charge in [0.25, 0.3) is 0 Å². The molecule has 0 radical (unpaired) electrons. The van der Waals surface area contributed by atoms with Crippen LogP contribution in [0.3, 0.4) is 0 Å². The van der Waals surface area contributed by atoms with E-state index in [-0.39, 0.29) is 0 Å². The van der Waals surface area contributed by atoms with Crippen molar-refractivity contribution in [2.75, 3.05) is 6.61 Å². The third kappa shape index (κ3) is 1.26. The summed E-state index contributed by atoms with van der Waals surface area (Å²) in [6.07, 6.45) is 7.57. The molecule has 1 unspecified atom stereocenters. The van der Waals surface area contributed by atoms with Gasteiger partial charge in [0.05, 0.1) is 6.10 Å². The normalized spacial score (nSPS) is 36.7. The predicted molar refractivity (Wildman–Crippen MR) is 36.3 cm³/mol. The maximum atomic E-state index is 5.60. The van der Waals surface area contributed by atoms with E-state index < -0.39 is 0 Å². The molecule has 0 bridgehead atoms. The van der Waals surface area contributed by atoms with Crippen molar-refractivity contribution >= 4 is 0 Å². The van der Waals surface area contributed by atoms with Gasteiger partial charge < -0.3 is 4.74 Å². The molecule has 1 aliphatic heterocycles. The average Bonchev–Trinajstić information content (AvgIpc) is 2.71. The van der Waals surface area contributed by atoms with Crippen LogP contribution in [-0.2, 0) is 4.74 Å². The molecule has 0 N–H and O–H groups in total. The number of ether oxygens (including phenoxy) is 1. The Bertz CT molecular complexity index is 90.7. The quantitative estimate of drug-likeness (QED) is 0.522. The van der Waals surface area contributed by atoms with E-state index in [1.54, 1.807) is 0 Å². The van der Waals surface area contributed by atoms with Crippen molar-refractivity contribution in [3.05, 3.63) is 0 Å². The van der Waals surface area contributed by atoms with Gasteiger partial charge in [0.15, 0.2) is 0 Å². The first-order valence-corrected chi connectivity index (χ1v) is 4.08. The molecule has 1 heteroatoms. The predicted octanol–water partition coefficient (Wildman–Crippen LogP) is 1.97. The van der Waals surface area contributed by atoms with Gasteiger partial charge in [0, 0.05) is 6.61 Å². The third-order valence-electron chi connectivity index (χ3n) is 2.36. The molecule has 0 spiro atoms. The maximum Gasteiger partial charge on any atom is 0.0603 e. The Morgan fingerprint density at radius 3 is 2.44 bits per heavy atom. The van der Waals surface area contributed by atoms with E-state index in [9.17, 15) is 0 Å². The van der Waals surface area contributed by atoms with Gasteiger partial charge in [-0.2, -0.15) is 0 Å². The highest BCUT2D eigenvalue weighted by Gasteiger charge is 2.32. The van der Waals surface area contributed by atoms with Crippen molar-refractivity contribution < 1.29 is 4.74 Å². The lowest BCUT2D eigenvalue weighted by Gasteiger charge is -2.21. The number of hydrogen-bond donors (Lipinski definition) is 0. The van der Waals surface area contributed by atoms with Gasteiger partial charge in [-0.15, -0.1) is 0 Å². The molecule has 1 aliphatic carbocycles. The maximum absolute atomic E-state index is 5.60. The molecule has 9 heavy (non-hydrogen) atoms. The summed E-state index contributed by atoms with van der Waals surface area (Å²) >= 11 is 0. The second-order valence-electron chi connectivity index (χ2n) is 3.24. The summed E-state index contributed by atoms with van der Waals surface area (Å²) in [5.74, 6) is 0.963. The summed E-state index contributed by atoms with van der Waals surface area (Å²) < 4.78 is 5.60. The van der Waals surface area contributed by atoms with Crippen LogP contribution in [0.1, 0.15) is 32.1 Å². The van der Waals surface area contributed by atoms with Gasteiger partial charge >= 0.3 is 0 Å². The summed E-state index contributed by atoms with van der Waals surface area (Å²) in [6.45, 7) is 1.03. The minimum atomic E-state index is 0.666. The number of hydrogen-bond acceptors (Lipinski definition) is 1. The fourth-order valence-corrected chi connectivity index (χ4v) is 1.61. The summed E-state index contributed by atoms with van der Waals surface area (Å²) in [6, 6.07) is 0. The van der Waals surface area contributed by atoms with Crippen LogP contribution >= 0.6 is 0 Å². The van der Waals surface area contributed by atoms with Crippen molar-refractivity contribution in [2.24, 2.45) is 5.92 Å². The van der Waals surface area contributed by atoms with Crippen LogP contribution in [0.2, 0.25) is 0 Å². The molecule has 52 valence electrons. The van der Waals surface area contributed by atoms with E-state index in [0.29, 0.717) is 6.10 Å². The zero-order valence-corrected chi connectivity index (χ0v) is 5.81. The van der Waals surface area contributed by atoms with Crippen molar-refractivity contribution in [1.82, 2.24) is 0 Å². The Kier molecular flexibility index (Phi) is 1.46. The van der Waals surface area contributed by atoms with Gasteiger partial charge in [-0.1, -0.05) is 0 Å². The Labute approximate surface area is 56.4 Å². The molecule has 1 heterocycles. The summed E-state index contributed by atoms with van der Waals surface area (Å²) in [5, 5.41) is 0. The first-order valence-electron chi connectivity index (χ1n) is 4.08. The smallest absolute Gasteiger partial charge is 0.0603 e. The largest absolute Gasteiger partial charge is 0.378 e. The van der Waals surface area contributed by atoms with E-state index in [0.717, 1.165) is 12.5 Å². The third-order valence-corrected chi connectivity index (χ3v) is 2.36. The molecule has 1 saturated carbocycles. The highest BCUT2D eigenvalue weighted by Crippen LogP contribution is 2.37. The van der Waals surface area contributed by atoms with Crippen LogP contribution < -0.4 is 0 Å². The molecule has 2 aliphatic rings. The summed E-state index contributed by atoms with van der Waals surface area (Å²) in [5.41, 5.74) is 0. The van der Waals surface area contributed by atoms with Crippen molar-refractivity contribution in [1.29, 1.82) is 0 Å². The van der Waals surface area contributed by atoms with Crippen LogP contribution in [0, 0.1) is 5.92 Å². The minimum absolute atomic E-state index is 0.666. The molecule has 0 aromatic carbocycles.